The van der Waals surface area contributed by atoms with Crippen LogP contribution in [-0.2, 0) is 4.79 Å². The second-order valence-corrected chi connectivity index (χ2v) is 3.86. The van der Waals surface area contributed by atoms with Crippen molar-refractivity contribution in [1.29, 1.82) is 0 Å². The Morgan fingerprint density at radius 2 is 2.33 bits per heavy atom. The molecular weight excluding hydrogens is 172 g/mol. The normalized spacial score (nSPS) is 12.6. The summed E-state index contributed by atoms with van der Waals surface area (Å²) in [6.07, 6.45) is 0. The first-order chi connectivity index (χ1) is 5.65. The molecular formula is C8H12N2OS. The molecule has 1 amide bonds. The van der Waals surface area contributed by atoms with Gasteiger partial charge in [-0.1, -0.05) is 0 Å². The monoisotopic (exact) mass is 184 g/mol. The summed E-state index contributed by atoms with van der Waals surface area (Å²) in [5.74, 6) is -0.142. The molecule has 66 valence electrons. The highest BCUT2D eigenvalue weighted by Gasteiger charge is 2.14. The molecule has 1 aromatic heterocycles. The lowest BCUT2D eigenvalue weighted by molar-refractivity contribution is -0.121. The molecule has 3 nitrogen and oxygen atoms in total. The quantitative estimate of drug-likeness (QED) is 0.714. The number of aryl methyl sites for hydroxylation is 1. The molecule has 1 atom stereocenters. The Hall–Kier alpha value is -0.870. The predicted molar refractivity (Wildman–Crippen MR) is 50.1 cm³/mol. The van der Waals surface area contributed by atoms with E-state index >= 15 is 0 Å². The minimum atomic E-state index is -0.520. The van der Waals surface area contributed by atoms with Crippen molar-refractivity contribution >= 4 is 17.2 Å². The smallest absolute Gasteiger partial charge is 0.242 e. The van der Waals surface area contributed by atoms with Gasteiger partial charge in [0.25, 0.3) is 0 Å². The lowest BCUT2D eigenvalue weighted by Crippen LogP contribution is -2.30. The summed E-state index contributed by atoms with van der Waals surface area (Å²) in [6.45, 7) is 1.99. The largest absolute Gasteiger partial charge is 0.357 e. The molecule has 0 aliphatic rings. The van der Waals surface area contributed by atoms with Gasteiger partial charge in [-0.3, -0.25) is 4.79 Å². The van der Waals surface area contributed by atoms with Crippen molar-refractivity contribution in [2.24, 2.45) is 5.73 Å². The van der Waals surface area contributed by atoms with Crippen LogP contribution in [0.25, 0.3) is 0 Å². The van der Waals surface area contributed by atoms with Crippen LogP contribution < -0.4 is 11.1 Å². The molecule has 0 aliphatic carbocycles. The summed E-state index contributed by atoms with van der Waals surface area (Å²) < 4.78 is 0. The average Bonchev–Trinajstić information content (AvgIpc) is 2.49. The van der Waals surface area contributed by atoms with Gasteiger partial charge in [0.15, 0.2) is 0 Å². The van der Waals surface area contributed by atoms with E-state index in [0.717, 1.165) is 4.88 Å². The van der Waals surface area contributed by atoms with Crippen molar-refractivity contribution in [1.82, 2.24) is 5.32 Å². The Bertz CT molecular complexity index is 282. The summed E-state index contributed by atoms with van der Waals surface area (Å²) in [6, 6.07) is 3.33. The van der Waals surface area contributed by atoms with Crippen molar-refractivity contribution in [3.63, 3.8) is 0 Å². The van der Waals surface area contributed by atoms with Gasteiger partial charge in [0, 0.05) is 16.8 Å². The first-order valence-electron chi connectivity index (χ1n) is 3.68. The molecule has 0 aliphatic heterocycles. The average molecular weight is 184 g/mol. The first kappa shape index (κ1) is 9.22. The number of carbonyl (C=O) groups excluding carboxylic acids is 1. The van der Waals surface area contributed by atoms with Crippen LogP contribution in [0.4, 0.5) is 0 Å². The van der Waals surface area contributed by atoms with Gasteiger partial charge in [-0.25, -0.2) is 0 Å². The van der Waals surface area contributed by atoms with Gasteiger partial charge in [0.05, 0.1) is 0 Å². The van der Waals surface area contributed by atoms with Crippen molar-refractivity contribution in [3.8, 4) is 0 Å². The van der Waals surface area contributed by atoms with Gasteiger partial charge < -0.3 is 11.1 Å². The lowest BCUT2D eigenvalue weighted by Gasteiger charge is -2.06. The second-order valence-electron chi connectivity index (χ2n) is 2.54. The topological polar surface area (TPSA) is 55.1 Å². The number of likely N-dealkylation sites (N-methyl/N-ethyl adjacent to an activating group) is 1. The van der Waals surface area contributed by atoms with E-state index in [1.54, 1.807) is 18.4 Å². The molecule has 0 bridgehead atoms. The fourth-order valence-corrected chi connectivity index (χ4v) is 1.78. The summed E-state index contributed by atoms with van der Waals surface area (Å²) in [7, 11) is 1.59. The van der Waals surface area contributed by atoms with Gasteiger partial charge in [0.2, 0.25) is 5.91 Å². The SMILES string of the molecule is CNC(=O)[C@@H](N)c1ccc(C)s1. The van der Waals surface area contributed by atoms with E-state index in [4.69, 9.17) is 5.73 Å². The van der Waals surface area contributed by atoms with Crippen LogP contribution in [-0.4, -0.2) is 13.0 Å². The zero-order chi connectivity index (χ0) is 9.14. The van der Waals surface area contributed by atoms with E-state index in [1.165, 1.54) is 4.88 Å². The van der Waals surface area contributed by atoms with E-state index in [-0.39, 0.29) is 5.91 Å². The molecule has 12 heavy (non-hydrogen) atoms. The molecule has 4 heteroatoms. The van der Waals surface area contributed by atoms with Crippen molar-refractivity contribution in [2.45, 2.75) is 13.0 Å². The summed E-state index contributed by atoms with van der Waals surface area (Å²) >= 11 is 1.55. The third-order valence-corrected chi connectivity index (χ3v) is 2.68. The van der Waals surface area contributed by atoms with Gasteiger partial charge in [0.1, 0.15) is 6.04 Å². The van der Waals surface area contributed by atoms with Gasteiger partial charge in [-0.2, -0.15) is 0 Å². The van der Waals surface area contributed by atoms with Crippen LogP contribution >= 0.6 is 11.3 Å². The number of carbonyl (C=O) groups is 1. The molecule has 1 aromatic rings. The Morgan fingerprint density at radius 3 is 2.75 bits per heavy atom. The molecule has 0 aromatic carbocycles. The summed E-state index contributed by atoms with van der Waals surface area (Å²) in [5.41, 5.74) is 5.66. The van der Waals surface area contributed by atoms with Crippen molar-refractivity contribution in [3.05, 3.63) is 21.9 Å². The second kappa shape index (κ2) is 3.69. The van der Waals surface area contributed by atoms with Gasteiger partial charge in [-0.05, 0) is 19.1 Å². The number of hydrogen-bond donors (Lipinski definition) is 2. The van der Waals surface area contributed by atoms with Crippen LogP contribution in [0.3, 0.4) is 0 Å². The number of amides is 1. The number of hydrogen-bond acceptors (Lipinski definition) is 3. The van der Waals surface area contributed by atoms with Crippen LogP contribution in [0.1, 0.15) is 15.8 Å². The highest BCUT2D eigenvalue weighted by atomic mass is 32.1. The fourth-order valence-electron chi connectivity index (χ4n) is 0.905. The summed E-state index contributed by atoms with van der Waals surface area (Å²) in [5, 5.41) is 2.52. The number of thiophene rings is 1. The van der Waals surface area contributed by atoms with E-state index in [0.29, 0.717) is 0 Å². The van der Waals surface area contributed by atoms with Crippen molar-refractivity contribution in [2.75, 3.05) is 7.05 Å². The zero-order valence-corrected chi connectivity index (χ0v) is 7.94. The van der Waals surface area contributed by atoms with Crippen LogP contribution in [0, 0.1) is 6.92 Å². The van der Waals surface area contributed by atoms with Crippen LogP contribution in [0.2, 0.25) is 0 Å². The fraction of sp³-hybridized carbons (Fsp3) is 0.375. The molecule has 0 radical (unpaired) electrons. The van der Waals surface area contributed by atoms with Crippen LogP contribution in [0.15, 0.2) is 12.1 Å². The Morgan fingerprint density at radius 1 is 1.67 bits per heavy atom. The van der Waals surface area contributed by atoms with E-state index in [9.17, 15) is 4.79 Å². The predicted octanol–water partition coefficient (Wildman–Crippen LogP) is 0.802. The van der Waals surface area contributed by atoms with E-state index in [1.807, 2.05) is 19.1 Å². The van der Waals surface area contributed by atoms with Crippen molar-refractivity contribution < 1.29 is 4.79 Å². The Labute approximate surface area is 75.6 Å². The molecule has 1 rings (SSSR count). The highest BCUT2D eigenvalue weighted by Crippen LogP contribution is 2.20. The van der Waals surface area contributed by atoms with Gasteiger partial charge >= 0.3 is 0 Å². The third-order valence-electron chi connectivity index (χ3n) is 1.60. The minimum absolute atomic E-state index is 0.142. The van der Waals surface area contributed by atoms with Gasteiger partial charge in [-0.15, -0.1) is 11.3 Å². The molecule has 0 saturated heterocycles. The molecule has 0 unspecified atom stereocenters. The highest BCUT2D eigenvalue weighted by molar-refractivity contribution is 7.12. The van der Waals surface area contributed by atoms with Crippen LogP contribution in [0.5, 0.6) is 0 Å². The molecule has 3 N–H and O–H groups in total. The lowest BCUT2D eigenvalue weighted by atomic mass is 10.2. The zero-order valence-electron chi connectivity index (χ0n) is 7.13. The maximum absolute atomic E-state index is 11.1. The third kappa shape index (κ3) is 1.84. The first-order valence-corrected chi connectivity index (χ1v) is 4.50. The number of nitrogens with two attached hydrogens (primary N) is 1. The molecule has 0 fully saturated rings. The number of nitrogens with one attached hydrogen (secondary N) is 1. The van der Waals surface area contributed by atoms with E-state index < -0.39 is 6.04 Å². The Kier molecular flexibility index (Phi) is 2.83. The standard InChI is InChI=1S/C8H12N2OS/c1-5-3-4-6(12-5)7(9)8(11)10-2/h3-4,7H,9H2,1-2H3,(H,10,11)/t7-/m0/s1. The number of rotatable bonds is 2. The molecule has 1 heterocycles. The molecule has 0 saturated carbocycles. The maximum atomic E-state index is 11.1. The Balaban J connectivity index is 2.77. The molecule has 0 spiro atoms. The van der Waals surface area contributed by atoms with E-state index in [2.05, 4.69) is 5.32 Å². The maximum Gasteiger partial charge on any atom is 0.242 e. The summed E-state index contributed by atoms with van der Waals surface area (Å²) in [4.78, 5) is 13.2. The minimum Gasteiger partial charge on any atom is -0.357 e.